The predicted molar refractivity (Wildman–Crippen MR) is 62.1 cm³/mol. The lowest BCUT2D eigenvalue weighted by Crippen LogP contribution is -2.53. The van der Waals surface area contributed by atoms with Gasteiger partial charge in [0.15, 0.2) is 0 Å². The van der Waals surface area contributed by atoms with Crippen LogP contribution in [0, 0.1) is 12.3 Å². The summed E-state index contributed by atoms with van der Waals surface area (Å²) < 4.78 is 0. The van der Waals surface area contributed by atoms with E-state index < -0.39 is 12.0 Å². The SMILES string of the molecule is C#CCC(N)C(=O)N1CCN(CC(=O)O)CC1. The average Bonchev–Trinajstić information content (AvgIpc) is 2.28. The van der Waals surface area contributed by atoms with Crippen molar-refractivity contribution in [3.63, 3.8) is 0 Å². The fourth-order valence-electron chi connectivity index (χ4n) is 1.77. The minimum atomic E-state index is -0.853. The molecule has 0 saturated carbocycles. The smallest absolute Gasteiger partial charge is 0.317 e. The molecule has 0 spiro atoms. The van der Waals surface area contributed by atoms with E-state index in [0.29, 0.717) is 26.2 Å². The van der Waals surface area contributed by atoms with Crippen molar-refractivity contribution in [1.82, 2.24) is 9.80 Å². The van der Waals surface area contributed by atoms with E-state index in [0.717, 1.165) is 0 Å². The molecule has 0 aromatic rings. The van der Waals surface area contributed by atoms with Crippen LogP contribution in [-0.4, -0.2) is 65.5 Å². The summed E-state index contributed by atoms with van der Waals surface area (Å²) in [6.45, 7) is 2.13. The van der Waals surface area contributed by atoms with Gasteiger partial charge in [-0.15, -0.1) is 12.3 Å². The normalized spacial score (nSPS) is 18.5. The highest BCUT2D eigenvalue weighted by Gasteiger charge is 2.25. The lowest BCUT2D eigenvalue weighted by molar-refractivity contribution is -0.139. The second-order valence-electron chi connectivity index (χ2n) is 4.01. The molecule has 1 heterocycles. The number of carboxylic acids is 1. The van der Waals surface area contributed by atoms with Gasteiger partial charge in [-0.25, -0.2) is 0 Å². The van der Waals surface area contributed by atoms with Crippen LogP contribution in [0.1, 0.15) is 6.42 Å². The first-order valence-corrected chi connectivity index (χ1v) is 5.46. The van der Waals surface area contributed by atoms with Crippen LogP contribution < -0.4 is 5.73 Å². The molecule has 1 rings (SSSR count). The van der Waals surface area contributed by atoms with Gasteiger partial charge in [-0.2, -0.15) is 0 Å². The van der Waals surface area contributed by atoms with Gasteiger partial charge >= 0.3 is 5.97 Å². The molecule has 1 unspecified atom stereocenters. The third-order valence-corrected chi connectivity index (χ3v) is 2.70. The van der Waals surface area contributed by atoms with E-state index in [1.807, 2.05) is 0 Å². The zero-order valence-corrected chi connectivity index (χ0v) is 9.63. The summed E-state index contributed by atoms with van der Waals surface area (Å²) >= 11 is 0. The number of nitrogens with zero attached hydrogens (tertiary/aromatic N) is 2. The number of rotatable bonds is 4. The second kappa shape index (κ2) is 6.23. The number of carboxylic acid groups (broad SMARTS) is 1. The number of hydrogen-bond donors (Lipinski definition) is 2. The van der Waals surface area contributed by atoms with Crippen molar-refractivity contribution in [2.45, 2.75) is 12.5 Å². The van der Waals surface area contributed by atoms with Crippen LogP contribution >= 0.6 is 0 Å². The summed E-state index contributed by atoms with van der Waals surface area (Å²) in [4.78, 5) is 25.7. The molecule has 0 radical (unpaired) electrons. The number of piperazine rings is 1. The summed E-state index contributed by atoms with van der Waals surface area (Å²) in [6.07, 6.45) is 5.33. The first-order chi connectivity index (χ1) is 8.04. The van der Waals surface area contributed by atoms with E-state index in [4.69, 9.17) is 17.3 Å². The van der Waals surface area contributed by atoms with Crippen molar-refractivity contribution in [1.29, 1.82) is 0 Å². The maximum absolute atomic E-state index is 11.8. The van der Waals surface area contributed by atoms with Crippen LogP contribution in [0.5, 0.6) is 0 Å². The van der Waals surface area contributed by atoms with Gasteiger partial charge in [-0.1, -0.05) is 0 Å². The topological polar surface area (TPSA) is 86.9 Å². The maximum atomic E-state index is 11.8. The van der Waals surface area contributed by atoms with Crippen LogP contribution in [-0.2, 0) is 9.59 Å². The van der Waals surface area contributed by atoms with Crippen LogP contribution in [0.4, 0.5) is 0 Å². The van der Waals surface area contributed by atoms with E-state index in [-0.39, 0.29) is 18.9 Å². The fourth-order valence-corrected chi connectivity index (χ4v) is 1.77. The van der Waals surface area contributed by atoms with Gasteiger partial charge in [-0.3, -0.25) is 14.5 Å². The monoisotopic (exact) mass is 239 g/mol. The molecule has 1 aliphatic heterocycles. The van der Waals surface area contributed by atoms with E-state index in [9.17, 15) is 9.59 Å². The number of hydrogen-bond acceptors (Lipinski definition) is 4. The highest BCUT2D eigenvalue weighted by molar-refractivity contribution is 5.82. The largest absolute Gasteiger partial charge is 0.480 e. The Bertz CT molecular complexity index is 329. The Kier molecular flexibility index (Phi) is 4.94. The van der Waals surface area contributed by atoms with Crippen molar-refractivity contribution in [2.75, 3.05) is 32.7 Å². The molecule has 0 bridgehead atoms. The van der Waals surface area contributed by atoms with Gasteiger partial charge in [-0.05, 0) is 0 Å². The third-order valence-electron chi connectivity index (χ3n) is 2.70. The molecular weight excluding hydrogens is 222 g/mol. The summed E-state index contributed by atoms with van der Waals surface area (Å²) in [5.41, 5.74) is 5.63. The first-order valence-electron chi connectivity index (χ1n) is 5.46. The quantitative estimate of drug-likeness (QED) is 0.587. The van der Waals surface area contributed by atoms with Crippen LogP contribution in [0.3, 0.4) is 0 Å². The van der Waals surface area contributed by atoms with Gasteiger partial charge in [0.05, 0.1) is 12.6 Å². The number of nitrogens with two attached hydrogens (primary N) is 1. The number of carbonyl (C=O) groups excluding carboxylic acids is 1. The Morgan fingerprint density at radius 2 is 1.94 bits per heavy atom. The van der Waals surface area contributed by atoms with Crippen molar-refractivity contribution < 1.29 is 14.7 Å². The molecule has 1 fully saturated rings. The minimum Gasteiger partial charge on any atom is -0.480 e. The van der Waals surface area contributed by atoms with Crippen LogP contribution in [0.15, 0.2) is 0 Å². The Morgan fingerprint density at radius 1 is 1.35 bits per heavy atom. The Balaban J connectivity index is 2.39. The molecule has 1 saturated heterocycles. The number of terminal acetylenes is 1. The van der Waals surface area contributed by atoms with Gasteiger partial charge in [0.1, 0.15) is 0 Å². The lowest BCUT2D eigenvalue weighted by Gasteiger charge is -2.34. The first kappa shape index (κ1) is 13.5. The molecule has 0 aromatic carbocycles. The Hall–Kier alpha value is -1.58. The summed E-state index contributed by atoms with van der Waals surface area (Å²) in [5, 5.41) is 8.63. The molecule has 94 valence electrons. The highest BCUT2D eigenvalue weighted by atomic mass is 16.4. The van der Waals surface area contributed by atoms with E-state index >= 15 is 0 Å². The Morgan fingerprint density at radius 3 is 2.41 bits per heavy atom. The van der Waals surface area contributed by atoms with Gasteiger partial charge in [0.2, 0.25) is 5.91 Å². The van der Waals surface area contributed by atoms with Crippen LogP contribution in [0.2, 0.25) is 0 Å². The molecule has 0 aliphatic carbocycles. The highest BCUT2D eigenvalue weighted by Crippen LogP contribution is 2.04. The zero-order chi connectivity index (χ0) is 12.8. The maximum Gasteiger partial charge on any atom is 0.317 e. The van der Waals surface area contributed by atoms with E-state index in [2.05, 4.69) is 5.92 Å². The lowest BCUT2D eigenvalue weighted by atomic mass is 10.2. The summed E-state index contributed by atoms with van der Waals surface area (Å²) in [6, 6.07) is -0.647. The van der Waals surface area contributed by atoms with Crippen molar-refractivity contribution >= 4 is 11.9 Å². The molecular formula is C11H17N3O3. The average molecular weight is 239 g/mol. The molecule has 6 nitrogen and oxygen atoms in total. The standard InChI is InChI=1S/C11H17N3O3/c1-2-3-9(12)11(17)14-6-4-13(5-7-14)8-10(15)16/h1,9H,3-8,12H2,(H,15,16). The molecule has 1 amide bonds. The number of carbonyl (C=O) groups is 2. The predicted octanol–water partition coefficient (Wildman–Crippen LogP) is -1.43. The molecule has 1 atom stereocenters. The summed E-state index contributed by atoms with van der Waals surface area (Å²) in [7, 11) is 0. The van der Waals surface area contributed by atoms with Gasteiger partial charge in [0.25, 0.3) is 0 Å². The summed E-state index contributed by atoms with van der Waals surface area (Å²) in [5.74, 6) is 1.35. The Labute approximate surface area is 100 Å². The molecule has 3 N–H and O–H groups in total. The fraction of sp³-hybridized carbons (Fsp3) is 0.636. The minimum absolute atomic E-state index is 0.0123. The van der Waals surface area contributed by atoms with E-state index in [1.165, 1.54) is 0 Å². The molecule has 6 heteroatoms. The zero-order valence-electron chi connectivity index (χ0n) is 9.63. The molecule has 0 aromatic heterocycles. The second-order valence-corrected chi connectivity index (χ2v) is 4.01. The third kappa shape index (κ3) is 4.06. The van der Waals surface area contributed by atoms with Crippen molar-refractivity contribution in [3.8, 4) is 12.3 Å². The number of amides is 1. The molecule has 1 aliphatic rings. The van der Waals surface area contributed by atoms with Crippen molar-refractivity contribution in [2.24, 2.45) is 5.73 Å². The molecule has 17 heavy (non-hydrogen) atoms. The van der Waals surface area contributed by atoms with E-state index in [1.54, 1.807) is 9.80 Å². The van der Waals surface area contributed by atoms with Gasteiger partial charge < -0.3 is 15.7 Å². The van der Waals surface area contributed by atoms with Crippen LogP contribution in [0.25, 0.3) is 0 Å². The van der Waals surface area contributed by atoms with Gasteiger partial charge in [0, 0.05) is 32.6 Å². The van der Waals surface area contributed by atoms with Crippen molar-refractivity contribution in [3.05, 3.63) is 0 Å². The number of aliphatic carboxylic acids is 1.